The number of aliphatic carboxylic acids is 6. The van der Waals surface area contributed by atoms with Gasteiger partial charge < -0.3 is 50.3 Å². The maximum absolute atomic E-state index is 11.1. The second-order valence-electron chi connectivity index (χ2n) is 7.53. The molecule has 0 aromatic heterocycles. The van der Waals surface area contributed by atoms with Gasteiger partial charge in [-0.2, -0.15) is 0 Å². The van der Waals surface area contributed by atoms with Crippen LogP contribution in [0.2, 0.25) is 0 Å². The Kier molecular flexibility index (Phi) is 18.9. The van der Waals surface area contributed by atoms with Crippen LogP contribution in [0.25, 0.3) is 0 Å². The van der Waals surface area contributed by atoms with E-state index < -0.39 is 103 Å². The lowest BCUT2D eigenvalue weighted by Crippen LogP contribution is -2.43. The van der Waals surface area contributed by atoms with E-state index in [1.54, 1.807) is 0 Å². The summed E-state index contributed by atoms with van der Waals surface area (Å²) in [6.07, 6.45) is -5.57. The standard InChI is InChI=1S/2C9H12O8.C3H4O4/c2*1-2-6(12)17-7(13)4-9(16,8(14)15)3-5(10)11;4-2(5)1-3(6)7/h2*16H,2-4H2,1H3,(H,10,11)(H,14,15);1H2,(H,4,5)(H,6,7). The van der Waals surface area contributed by atoms with Gasteiger partial charge in [0, 0.05) is 12.8 Å². The quantitative estimate of drug-likeness (QED) is 0.0776. The number of carboxylic acids is 6. The Morgan fingerprint density at radius 1 is 0.463 bits per heavy atom. The topological polar surface area (TPSA) is 351 Å². The first kappa shape index (κ1) is 40.5. The molecule has 2 unspecified atom stereocenters. The van der Waals surface area contributed by atoms with Crippen LogP contribution in [0.3, 0.4) is 0 Å². The molecule has 232 valence electrons. The Bertz CT molecular complexity index is 948. The highest BCUT2D eigenvalue weighted by molar-refractivity contribution is 5.93. The zero-order valence-corrected chi connectivity index (χ0v) is 21.4. The molecule has 0 fully saturated rings. The van der Waals surface area contributed by atoms with Crippen LogP contribution in [0, 0.1) is 0 Å². The van der Waals surface area contributed by atoms with E-state index in [0.29, 0.717) is 0 Å². The Labute approximate surface area is 228 Å². The smallest absolute Gasteiger partial charge is 0.336 e. The Hall–Kier alpha value is -4.98. The summed E-state index contributed by atoms with van der Waals surface area (Å²) < 4.78 is 8.27. The number of hydrogen-bond donors (Lipinski definition) is 8. The second-order valence-corrected chi connectivity index (χ2v) is 7.53. The number of carboxylic acid groups (broad SMARTS) is 6. The van der Waals surface area contributed by atoms with Crippen LogP contribution in [0.4, 0.5) is 0 Å². The summed E-state index contributed by atoms with van der Waals surface area (Å²) in [6.45, 7) is 2.83. The molecule has 0 aliphatic heterocycles. The van der Waals surface area contributed by atoms with Crippen LogP contribution in [0.5, 0.6) is 0 Å². The molecular weight excluding hydrogens is 572 g/mol. The molecule has 20 heteroatoms. The van der Waals surface area contributed by atoms with Gasteiger partial charge in [0.05, 0.1) is 25.7 Å². The van der Waals surface area contributed by atoms with Crippen molar-refractivity contribution in [3.8, 4) is 0 Å². The zero-order chi connectivity index (χ0) is 33.1. The molecule has 0 aliphatic carbocycles. The number of aliphatic hydroxyl groups is 2. The van der Waals surface area contributed by atoms with Crippen molar-refractivity contribution in [2.75, 3.05) is 0 Å². The molecule has 41 heavy (non-hydrogen) atoms. The largest absolute Gasteiger partial charge is 0.481 e. The predicted molar refractivity (Wildman–Crippen MR) is 122 cm³/mol. The lowest BCUT2D eigenvalue weighted by molar-refractivity contribution is -0.175. The second kappa shape index (κ2) is 19.1. The summed E-state index contributed by atoms with van der Waals surface area (Å²) in [7, 11) is 0. The SMILES string of the molecule is CCC(=O)OC(=O)CC(O)(CC(=O)O)C(=O)O.CCC(=O)OC(=O)CC(O)(CC(=O)O)C(=O)O.O=C(O)CC(=O)O. The van der Waals surface area contributed by atoms with Gasteiger partial charge in [0.1, 0.15) is 6.42 Å². The number of carbonyl (C=O) groups excluding carboxylic acids is 4. The molecule has 2 atom stereocenters. The van der Waals surface area contributed by atoms with Crippen molar-refractivity contribution in [3.63, 3.8) is 0 Å². The molecule has 0 bridgehead atoms. The Balaban J connectivity index is -0.000000574. The van der Waals surface area contributed by atoms with E-state index in [0.717, 1.165) is 0 Å². The third kappa shape index (κ3) is 20.6. The number of rotatable bonds is 14. The molecule has 8 N–H and O–H groups in total. The van der Waals surface area contributed by atoms with E-state index in [9.17, 15) is 58.2 Å². The summed E-state index contributed by atoms with van der Waals surface area (Å²) in [5.74, 6) is -13.9. The van der Waals surface area contributed by atoms with Crippen LogP contribution < -0.4 is 0 Å². The fourth-order valence-corrected chi connectivity index (χ4v) is 2.01. The average molecular weight is 600 g/mol. The fraction of sp³-hybridized carbons (Fsp3) is 0.524. The van der Waals surface area contributed by atoms with Gasteiger partial charge >= 0.3 is 59.7 Å². The van der Waals surface area contributed by atoms with Crippen LogP contribution in [0.15, 0.2) is 0 Å². The lowest BCUT2D eigenvalue weighted by atomic mass is 9.96. The molecule has 0 amide bonds. The van der Waals surface area contributed by atoms with Crippen molar-refractivity contribution >= 4 is 59.7 Å². The first-order chi connectivity index (χ1) is 18.5. The molecule has 0 aromatic carbocycles. The summed E-state index contributed by atoms with van der Waals surface area (Å²) in [5, 5.41) is 68.3. The highest BCUT2D eigenvalue weighted by Gasteiger charge is 2.42. The molecule has 0 radical (unpaired) electrons. The Morgan fingerprint density at radius 2 is 0.732 bits per heavy atom. The number of esters is 4. The molecule has 0 heterocycles. The maximum atomic E-state index is 11.1. The van der Waals surface area contributed by atoms with Crippen LogP contribution in [-0.4, -0.2) is 112 Å². The normalized spacial score (nSPS) is 12.6. The van der Waals surface area contributed by atoms with Gasteiger partial charge in [-0.15, -0.1) is 0 Å². The van der Waals surface area contributed by atoms with E-state index in [2.05, 4.69) is 9.47 Å². The molecule has 0 aromatic rings. The fourth-order valence-electron chi connectivity index (χ4n) is 2.01. The van der Waals surface area contributed by atoms with Crippen molar-refractivity contribution < 1.29 is 98.3 Å². The van der Waals surface area contributed by atoms with Crippen LogP contribution >= 0.6 is 0 Å². The van der Waals surface area contributed by atoms with E-state index in [4.69, 9.17) is 30.6 Å². The van der Waals surface area contributed by atoms with E-state index >= 15 is 0 Å². The van der Waals surface area contributed by atoms with Gasteiger partial charge in [-0.3, -0.25) is 38.4 Å². The van der Waals surface area contributed by atoms with Crippen molar-refractivity contribution in [2.24, 2.45) is 0 Å². The first-order valence-electron chi connectivity index (χ1n) is 10.8. The van der Waals surface area contributed by atoms with Crippen molar-refractivity contribution in [3.05, 3.63) is 0 Å². The van der Waals surface area contributed by atoms with E-state index in [1.165, 1.54) is 13.8 Å². The van der Waals surface area contributed by atoms with Gasteiger partial charge in [0.15, 0.2) is 11.2 Å². The molecule has 0 saturated carbocycles. The number of ether oxygens (including phenoxy) is 2. The van der Waals surface area contributed by atoms with Gasteiger partial charge in [0.25, 0.3) is 0 Å². The summed E-state index contributed by atoms with van der Waals surface area (Å²) in [6, 6.07) is 0. The minimum absolute atomic E-state index is 0.101. The van der Waals surface area contributed by atoms with Gasteiger partial charge in [-0.05, 0) is 0 Å². The van der Waals surface area contributed by atoms with Crippen molar-refractivity contribution in [2.45, 2.75) is 70.0 Å². The predicted octanol–water partition coefficient (Wildman–Crippen LogP) is -2.16. The highest BCUT2D eigenvalue weighted by Crippen LogP contribution is 2.18. The minimum atomic E-state index is -2.78. The van der Waals surface area contributed by atoms with Gasteiger partial charge in [0.2, 0.25) is 0 Å². The summed E-state index contributed by atoms with van der Waals surface area (Å²) in [5.41, 5.74) is -5.56. The van der Waals surface area contributed by atoms with Crippen molar-refractivity contribution in [1.29, 1.82) is 0 Å². The lowest BCUT2D eigenvalue weighted by Gasteiger charge is -2.19. The molecule has 0 spiro atoms. The zero-order valence-electron chi connectivity index (χ0n) is 21.4. The first-order valence-corrected chi connectivity index (χ1v) is 10.8. The third-order valence-electron chi connectivity index (χ3n) is 3.89. The molecule has 0 saturated heterocycles. The highest BCUT2D eigenvalue weighted by atomic mass is 16.6. The molecule has 0 aliphatic rings. The summed E-state index contributed by atoms with van der Waals surface area (Å²) in [4.78, 5) is 104. The molecule has 20 nitrogen and oxygen atoms in total. The molecular formula is C21H28O20. The third-order valence-corrected chi connectivity index (χ3v) is 3.89. The molecule has 0 rings (SSSR count). The van der Waals surface area contributed by atoms with E-state index in [-0.39, 0.29) is 12.8 Å². The average Bonchev–Trinajstić information content (AvgIpc) is 2.77. The van der Waals surface area contributed by atoms with Crippen molar-refractivity contribution in [1.82, 2.24) is 0 Å². The monoisotopic (exact) mass is 600 g/mol. The van der Waals surface area contributed by atoms with Gasteiger partial charge in [-0.1, -0.05) is 13.8 Å². The van der Waals surface area contributed by atoms with Gasteiger partial charge in [-0.25, -0.2) is 9.59 Å². The number of carbonyl (C=O) groups is 10. The minimum Gasteiger partial charge on any atom is -0.481 e. The Morgan fingerprint density at radius 3 is 0.878 bits per heavy atom. The van der Waals surface area contributed by atoms with Crippen LogP contribution in [-0.2, 0) is 57.4 Å². The number of hydrogen-bond acceptors (Lipinski definition) is 14. The summed E-state index contributed by atoms with van der Waals surface area (Å²) >= 11 is 0. The van der Waals surface area contributed by atoms with E-state index in [1.807, 2.05) is 0 Å². The van der Waals surface area contributed by atoms with Crippen LogP contribution in [0.1, 0.15) is 58.8 Å². The maximum Gasteiger partial charge on any atom is 0.336 e.